The lowest BCUT2D eigenvalue weighted by molar-refractivity contribution is -0.0261. The average molecular weight is 270 g/mol. The van der Waals surface area contributed by atoms with Crippen molar-refractivity contribution in [3.8, 4) is 0 Å². The van der Waals surface area contributed by atoms with Gasteiger partial charge in [-0.15, -0.1) is 0 Å². The summed E-state index contributed by atoms with van der Waals surface area (Å²) in [6.45, 7) is 9.18. The summed E-state index contributed by atoms with van der Waals surface area (Å²) in [7, 11) is 0. The summed E-state index contributed by atoms with van der Waals surface area (Å²) < 4.78 is 11.2. The SMILES string of the molecule is CC(C)NC1CCC(OCC(C)NC2COC2)CC1. The van der Waals surface area contributed by atoms with Crippen LogP contribution >= 0.6 is 0 Å². The molecule has 1 aliphatic carbocycles. The summed E-state index contributed by atoms with van der Waals surface area (Å²) in [4.78, 5) is 0. The summed E-state index contributed by atoms with van der Waals surface area (Å²) in [5.74, 6) is 0. The Kier molecular flexibility index (Phi) is 6.07. The minimum Gasteiger partial charge on any atom is -0.378 e. The van der Waals surface area contributed by atoms with E-state index in [0.29, 0.717) is 30.3 Å². The predicted octanol–water partition coefficient (Wildman–Crippen LogP) is 1.69. The monoisotopic (exact) mass is 270 g/mol. The first kappa shape index (κ1) is 15.2. The molecule has 2 aliphatic rings. The highest BCUT2D eigenvalue weighted by Crippen LogP contribution is 2.21. The Hall–Kier alpha value is -0.160. The first-order valence-electron chi connectivity index (χ1n) is 7.85. The normalized spacial score (nSPS) is 30.3. The van der Waals surface area contributed by atoms with Crippen molar-refractivity contribution in [3.05, 3.63) is 0 Å². The van der Waals surface area contributed by atoms with Crippen molar-refractivity contribution in [1.29, 1.82) is 0 Å². The molecule has 0 radical (unpaired) electrons. The van der Waals surface area contributed by atoms with Gasteiger partial charge >= 0.3 is 0 Å². The predicted molar refractivity (Wildman–Crippen MR) is 77.5 cm³/mol. The van der Waals surface area contributed by atoms with Crippen LogP contribution in [0.5, 0.6) is 0 Å². The third-order valence-electron chi connectivity index (χ3n) is 3.98. The molecule has 1 heterocycles. The van der Waals surface area contributed by atoms with Gasteiger partial charge in [0.15, 0.2) is 0 Å². The van der Waals surface area contributed by atoms with Crippen LogP contribution in [0.3, 0.4) is 0 Å². The molecule has 0 aromatic heterocycles. The number of hydrogen-bond acceptors (Lipinski definition) is 4. The van der Waals surface area contributed by atoms with Gasteiger partial charge in [-0.25, -0.2) is 0 Å². The minimum atomic E-state index is 0.431. The topological polar surface area (TPSA) is 42.5 Å². The van der Waals surface area contributed by atoms with E-state index < -0.39 is 0 Å². The summed E-state index contributed by atoms with van der Waals surface area (Å²) >= 11 is 0. The van der Waals surface area contributed by atoms with Crippen LogP contribution in [0.1, 0.15) is 46.5 Å². The van der Waals surface area contributed by atoms with Crippen LogP contribution in [0.15, 0.2) is 0 Å². The Bertz CT molecular complexity index is 249. The van der Waals surface area contributed by atoms with Gasteiger partial charge in [-0.05, 0) is 32.6 Å². The highest BCUT2D eigenvalue weighted by Gasteiger charge is 2.23. The second kappa shape index (κ2) is 7.58. The van der Waals surface area contributed by atoms with E-state index in [0.717, 1.165) is 19.8 Å². The Morgan fingerprint density at radius 3 is 2.21 bits per heavy atom. The van der Waals surface area contributed by atoms with E-state index in [1.807, 2.05) is 0 Å². The number of rotatable bonds is 7. The standard InChI is InChI=1S/C15H30N2O2/c1-11(2)16-13-4-6-15(7-5-13)19-8-12(3)17-14-9-18-10-14/h11-17H,4-10H2,1-3H3. The van der Waals surface area contributed by atoms with E-state index in [1.54, 1.807) is 0 Å². The molecule has 2 N–H and O–H groups in total. The molecule has 1 saturated carbocycles. The summed E-state index contributed by atoms with van der Waals surface area (Å²) in [5, 5.41) is 7.16. The lowest BCUT2D eigenvalue weighted by Gasteiger charge is -2.33. The summed E-state index contributed by atoms with van der Waals surface area (Å²) in [5.41, 5.74) is 0. The van der Waals surface area contributed by atoms with Crippen LogP contribution in [-0.2, 0) is 9.47 Å². The molecule has 1 unspecified atom stereocenters. The van der Waals surface area contributed by atoms with Crippen molar-refractivity contribution in [2.75, 3.05) is 19.8 Å². The van der Waals surface area contributed by atoms with Crippen LogP contribution < -0.4 is 10.6 Å². The number of nitrogens with one attached hydrogen (secondary N) is 2. The Labute approximate surface area is 117 Å². The van der Waals surface area contributed by atoms with E-state index in [9.17, 15) is 0 Å². The molecule has 0 spiro atoms. The zero-order valence-electron chi connectivity index (χ0n) is 12.7. The maximum Gasteiger partial charge on any atom is 0.0643 e. The van der Waals surface area contributed by atoms with Crippen molar-refractivity contribution < 1.29 is 9.47 Å². The third-order valence-corrected chi connectivity index (χ3v) is 3.98. The molecule has 19 heavy (non-hydrogen) atoms. The van der Waals surface area contributed by atoms with E-state index in [1.165, 1.54) is 25.7 Å². The van der Waals surface area contributed by atoms with Gasteiger partial charge in [0.1, 0.15) is 0 Å². The summed E-state index contributed by atoms with van der Waals surface area (Å²) in [6.07, 6.45) is 5.36. The maximum atomic E-state index is 6.04. The maximum absolute atomic E-state index is 6.04. The van der Waals surface area contributed by atoms with Gasteiger partial charge in [0, 0.05) is 18.1 Å². The van der Waals surface area contributed by atoms with Crippen LogP contribution in [0.2, 0.25) is 0 Å². The number of hydrogen-bond donors (Lipinski definition) is 2. The third kappa shape index (κ3) is 5.38. The molecule has 0 aromatic rings. The molecular weight excluding hydrogens is 240 g/mol. The van der Waals surface area contributed by atoms with Gasteiger partial charge in [0.2, 0.25) is 0 Å². The molecule has 2 rings (SSSR count). The lowest BCUT2D eigenvalue weighted by Crippen LogP contribution is -2.51. The number of ether oxygens (including phenoxy) is 2. The highest BCUT2D eigenvalue weighted by atomic mass is 16.5. The van der Waals surface area contributed by atoms with Gasteiger partial charge in [0.25, 0.3) is 0 Å². The summed E-state index contributed by atoms with van der Waals surface area (Å²) in [6, 6.07) is 2.27. The second-order valence-corrected chi connectivity index (χ2v) is 6.43. The largest absolute Gasteiger partial charge is 0.378 e. The minimum absolute atomic E-state index is 0.431. The molecule has 0 bridgehead atoms. The fraction of sp³-hybridized carbons (Fsp3) is 1.00. The molecule has 4 heteroatoms. The van der Waals surface area contributed by atoms with Crippen molar-refractivity contribution in [3.63, 3.8) is 0 Å². The average Bonchev–Trinajstić information content (AvgIpc) is 2.32. The lowest BCUT2D eigenvalue weighted by atomic mass is 9.92. The van der Waals surface area contributed by atoms with Crippen molar-refractivity contribution in [2.24, 2.45) is 0 Å². The highest BCUT2D eigenvalue weighted by molar-refractivity contribution is 4.80. The molecule has 1 aliphatic heterocycles. The van der Waals surface area contributed by atoms with Crippen LogP contribution in [0.4, 0.5) is 0 Å². The quantitative estimate of drug-likeness (QED) is 0.739. The van der Waals surface area contributed by atoms with Crippen molar-refractivity contribution in [1.82, 2.24) is 10.6 Å². The van der Waals surface area contributed by atoms with E-state index >= 15 is 0 Å². The second-order valence-electron chi connectivity index (χ2n) is 6.43. The molecule has 0 aromatic carbocycles. The zero-order chi connectivity index (χ0) is 13.7. The van der Waals surface area contributed by atoms with E-state index in [4.69, 9.17) is 9.47 Å². The smallest absolute Gasteiger partial charge is 0.0643 e. The molecular formula is C15H30N2O2. The molecule has 1 saturated heterocycles. The van der Waals surface area contributed by atoms with Gasteiger partial charge in [-0.2, -0.15) is 0 Å². The Morgan fingerprint density at radius 1 is 1.00 bits per heavy atom. The van der Waals surface area contributed by atoms with Crippen LogP contribution in [-0.4, -0.2) is 50.1 Å². The first-order chi connectivity index (χ1) is 9.13. The molecule has 2 fully saturated rings. The van der Waals surface area contributed by atoms with Crippen molar-refractivity contribution >= 4 is 0 Å². The van der Waals surface area contributed by atoms with Gasteiger partial charge in [0.05, 0.1) is 32.0 Å². The van der Waals surface area contributed by atoms with Crippen molar-refractivity contribution in [2.45, 2.75) is 76.7 Å². The fourth-order valence-electron chi connectivity index (χ4n) is 2.93. The van der Waals surface area contributed by atoms with Crippen LogP contribution in [0.25, 0.3) is 0 Å². The van der Waals surface area contributed by atoms with Gasteiger partial charge in [-0.3, -0.25) is 0 Å². The fourth-order valence-corrected chi connectivity index (χ4v) is 2.93. The zero-order valence-corrected chi connectivity index (χ0v) is 12.7. The van der Waals surface area contributed by atoms with Gasteiger partial charge in [-0.1, -0.05) is 13.8 Å². The van der Waals surface area contributed by atoms with E-state index in [2.05, 4.69) is 31.4 Å². The van der Waals surface area contributed by atoms with Crippen LogP contribution in [0, 0.1) is 0 Å². The molecule has 1 atom stereocenters. The Balaban J connectivity index is 1.54. The molecule has 112 valence electrons. The van der Waals surface area contributed by atoms with E-state index in [-0.39, 0.29) is 0 Å². The Morgan fingerprint density at radius 2 is 1.68 bits per heavy atom. The van der Waals surface area contributed by atoms with Gasteiger partial charge < -0.3 is 20.1 Å². The molecule has 0 amide bonds. The molecule has 4 nitrogen and oxygen atoms in total. The first-order valence-corrected chi connectivity index (χ1v) is 7.85.